The molecule has 0 aromatic carbocycles. The predicted molar refractivity (Wildman–Crippen MR) is 63.0 cm³/mol. The van der Waals surface area contributed by atoms with Crippen LogP contribution in [0.25, 0.3) is 0 Å². The van der Waals surface area contributed by atoms with Crippen LogP contribution in [0, 0.1) is 0 Å². The molecule has 0 rings (SSSR count). The van der Waals surface area contributed by atoms with Gasteiger partial charge in [-0.2, -0.15) is 0 Å². The van der Waals surface area contributed by atoms with Crippen LogP contribution >= 0.6 is 0 Å². The number of nitrogens with two attached hydrogens (primary N) is 1. The van der Waals surface area contributed by atoms with Crippen molar-refractivity contribution in [3.8, 4) is 0 Å². The van der Waals surface area contributed by atoms with Crippen LogP contribution < -0.4 is 5.73 Å². The van der Waals surface area contributed by atoms with Crippen molar-refractivity contribution >= 4 is 23.9 Å². The molecule has 0 amide bonds. The molecule has 0 aliphatic carbocycles. The van der Waals surface area contributed by atoms with Gasteiger partial charge in [0.1, 0.15) is 6.04 Å². The molecule has 7 N–H and O–H groups in total. The van der Waals surface area contributed by atoms with Crippen molar-refractivity contribution in [2.45, 2.75) is 37.8 Å². The van der Waals surface area contributed by atoms with Crippen LogP contribution in [0.3, 0.4) is 0 Å². The number of carboxylic acids is 4. The molecule has 0 aromatic heterocycles. The summed E-state index contributed by atoms with van der Waals surface area (Å²) in [7, 11) is 0. The zero-order valence-electron chi connectivity index (χ0n) is 10.6. The van der Waals surface area contributed by atoms with Crippen LogP contribution in [-0.4, -0.2) is 61.1 Å². The minimum atomic E-state index is -2.74. The molecule has 1 unspecified atom stereocenters. The fraction of sp³-hybridized carbons (Fsp3) is 0.600. The molecule has 0 heterocycles. The summed E-state index contributed by atoms with van der Waals surface area (Å²) in [5.41, 5.74) is 2.28. The largest absolute Gasteiger partial charge is 0.481 e. The Balaban J connectivity index is 0. The molecule has 0 saturated heterocycles. The molecule has 10 nitrogen and oxygen atoms in total. The highest BCUT2D eigenvalue weighted by molar-refractivity contribution is 5.88. The SMILES string of the molecule is CCC(N)C(=O)O.O=C(O)CC(O)(CC(=O)O)C(=O)O. The van der Waals surface area contributed by atoms with Crippen molar-refractivity contribution in [2.75, 3.05) is 0 Å². The van der Waals surface area contributed by atoms with E-state index in [2.05, 4.69) is 0 Å². The highest BCUT2D eigenvalue weighted by Crippen LogP contribution is 2.15. The van der Waals surface area contributed by atoms with E-state index in [-0.39, 0.29) is 0 Å². The fourth-order valence-corrected chi connectivity index (χ4v) is 0.889. The molecule has 10 heteroatoms. The summed E-state index contributed by atoms with van der Waals surface area (Å²) >= 11 is 0. The van der Waals surface area contributed by atoms with Crippen LogP contribution in [0.4, 0.5) is 0 Å². The Morgan fingerprint density at radius 1 is 1.00 bits per heavy atom. The minimum absolute atomic E-state index is 0.495. The Hall–Kier alpha value is -2.20. The first-order chi connectivity index (χ1) is 8.96. The van der Waals surface area contributed by atoms with Crippen molar-refractivity contribution in [2.24, 2.45) is 5.73 Å². The first kappa shape index (κ1) is 20.1. The van der Waals surface area contributed by atoms with Gasteiger partial charge in [-0.1, -0.05) is 6.92 Å². The van der Waals surface area contributed by atoms with Gasteiger partial charge in [0.15, 0.2) is 5.60 Å². The Morgan fingerprint density at radius 2 is 1.35 bits per heavy atom. The normalized spacial score (nSPS) is 11.8. The summed E-state index contributed by atoms with van der Waals surface area (Å²) in [6, 6.07) is -0.681. The molecule has 0 aromatic rings. The van der Waals surface area contributed by atoms with E-state index in [9.17, 15) is 19.2 Å². The summed E-state index contributed by atoms with van der Waals surface area (Å²) in [5, 5.41) is 41.9. The average molecular weight is 295 g/mol. The zero-order chi connectivity index (χ0) is 16.5. The molecule has 116 valence electrons. The summed E-state index contributed by atoms with van der Waals surface area (Å²) in [4.78, 5) is 40.3. The maximum Gasteiger partial charge on any atom is 0.336 e. The van der Waals surface area contributed by atoms with Gasteiger partial charge < -0.3 is 31.3 Å². The first-order valence-electron chi connectivity index (χ1n) is 5.34. The third-order valence-corrected chi connectivity index (χ3v) is 2.04. The summed E-state index contributed by atoms with van der Waals surface area (Å²) in [6.07, 6.45) is -1.79. The van der Waals surface area contributed by atoms with Crippen LogP contribution in [0.5, 0.6) is 0 Å². The lowest BCUT2D eigenvalue weighted by Gasteiger charge is -2.18. The summed E-state index contributed by atoms with van der Waals surface area (Å²) in [6.45, 7) is 1.73. The maximum atomic E-state index is 10.3. The molecular formula is C10H17NO9. The van der Waals surface area contributed by atoms with E-state index in [1.165, 1.54) is 0 Å². The minimum Gasteiger partial charge on any atom is -0.481 e. The lowest BCUT2D eigenvalue weighted by molar-refractivity contribution is -0.170. The average Bonchev–Trinajstić information content (AvgIpc) is 2.26. The van der Waals surface area contributed by atoms with Crippen molar-refractivity contribution in [3.05, 3.63) is 0 Å². The molecule has 0 spiro atoms. The van der Waals surface area contributed by atoms with Gasteiger partial charge in [-0.15, -0.1) is 0 Å². The molecule has 0 saturated carbocycles. The van der Waals surface area contributed by atoms with E-state index in [0.717, 1.165) is 0 Å². The van der Waals surface area contributed by atoms with Gasteiger partial charge in [-0.05, 0) is 6.42 Å². The zero-order valence-corrected chi connectivity index (χ0v) is 10.6. The van der Waals surface area contributed by atoms with Crippen LogP contribution in [-0.2, 0) is 19.2 Å². The Labute approximate surface area is 113 Å². The highest BCUT2D eigenvalue weighted by Gasteiger charge is 2.40. The number of hydrogen-bond donors (Lipinski definition) is 6. The van der Waals surface area contributed by atoms with E-state index >= 15 is 0 Å². The monoisotopic (exact) mass is 295 g/mol. The molecule has 0 aliphatic rings. The van der Waals surface area contributed by atoms with Gasteiger partial charge in [0.25, 0.3) is 0 Å². The maximum absolute atomic E-state index is 10.3. The van der Waals surface area contributed by atoms with Gasteiger partial charge in [-0.25, -0.2) is 4.79 Å². The number of carboxylic acid groups (broad SMARTS) is 4. The fourth-order valence-electron chi connectivity index (χ4n) is 0.889. The highest BCUT2D eigenvalue weighted by atomic mass is 16.4. The number of aliphatic hydroxyl groups is 1. The summed E-state index contributed by atoms with van der Waals surface area (Å²) in [5.74, 6) is -5.95. The van der Waals surface area contributed by atoms with Crippen molar-refractivity contribution < 1.29 is 44.7 Å². The Kier molecular flexibility index (Phi) is 8.88. The number of rotatable bonds is 7. The number of aliphatic carboxylic acids is 4. The second kappa shape index (κ2) is 8.82. The Bertz CT molecular complexity index is 363. The van der Waals surface area contributed by atoms with Gasteiger partial charge in [0.05, 0.1) is 12.8 Å². The van der Waals surface area contributed by atoms with E-state index in [1.54, 1.807) is 6.92 Å². The van der Waals surface area contributed by atoms with Gasteiger partial charge in [-0.3, -0.25) is 14.4 Å². The molecular weight excluding hydrogens is 278 g/mol. The third-order valence-electron chi connectivity index (χ3n) is 2.04. The van der Waals surface area contributed by atoms with Crippen molar-refractivity contribution in [1.82, 2.24) is 0 Å². The number of carbonyl (C=O) groups is 4. The van der Waals surface area contributed by atoms with E-state index in [4.69, 9.17) is 31.3 Å². The van der Waals surface area contributed by atoms with Gasteiger partial charge in [0.2, 0.25) is 0 Å². The molecule has 0 radical (unpaired) electrons. The molecule has 0 fully saturated rings. The van der Waals surface area contributed by atoms with E-state index in [0.29, 0.717) is 6.42 Å². The van der Waals surface area contributed by atoms with Crippen LogP contribution in [0.2, 0.25) is 0 Å². The third kappa shape index (κ3) is 8.83. The van der Waals surface area contributed by atoms with Crippen molar-refractivity contribution in [3.63, 3.8) is 0 Å². The second-order valence-corrected chi connectivity index (χ2v) is 3.83. The molecule has 20 heavy (non-hydrogen) atoms. The quantitative estimate of drug-likeness (QED) is 0.323. The number of hydrogen-bond acceptors (Lipinski definition) is 6. The summed E-state index contributed by atoms with van der Waals surface area (Å²) < 4.78 is 0. The lowest BCUT2D eigenvalue weighted by Crippen LogP contribution is -2.42. The smallest absolute Gasteiger partial charge is 0.336 e. The van der Waals surface area contributed by atoms with E-state index < -0.39 is 48.4 Å². The van der Waals surface area contributed by atoms with Crippen LogP contribution in [0.15, 0.2) is 0 Å². The second-order valence-electron chi connectivity index (χ2n) is 3.83. The Morgan fingerprint density at radius 3 is 1.45 bits per heavy atom. The van der Waals surface area contributed by atoms with Crippen molar-refractivity contribution in [1.29, 1.82) is 0 Å². The van der Waals surface area contributed by atoms with E-state index in [1.807, 2.05) is 0 Å². The standard InChI is InChI=1S/C6H8O7.C4H9NO2/c7-3(8)1-6(13,5(11)12)2-4(9)10;1-2-3(5)4(6)7/h13H,1-2H2,(H,7,8)(H,9,10)(H,11,12);3H,2,5H2,1H3,(H,6,7). The lowest BCUT2D eigenvalue weighted by atomic mass is 9.96. The van der Waals surface area contributed by atoms with Crippen LogP contribution in [0.1, 0.15) is 26.2 Å². The molecule has 0 bridgehead atoms. The van der Waals surface area contributed by atoms with Gasteiger partial charge >= 0.3 is 23.9 Å². The first-order valence-corrected chi connectivity index (χ1v) is 5.34. The van der Waals surface area contributed by atoms with Gasteiger partial charge in [0, 0.05) is 0 Å². The molecule has 0 aliphatic heterocycles. The predicted octanol–water partition coefficient (Wildman–Crippen LogP) is -1.44. The molecule has 1 atom stereocenters. The topological polar surface area (TPSA) is 195 Å².